The fourth-order valence-electron chi connectivity index (χ4n) is 1.44. The molecule has 5 nitrogen and oxygen atoms in total. The number of halogens is 1. The van der Waals surface area contributed by atoms with Crippen LogP contribution in [0.15, 0.2) is 52.5 Å². The second kappa shape index (κ2) is 6.44. The summed E-state index contributed by atoms with van der Waals surface area (Å²) in [6.45, 7) is 0. The number of rotatable bonds is 5. The van der Waals surface area contributed by atoms with Crippen molar-refractivity contribution in [1.82, 2.24) is 0 Å². The van der Waals surface area contributed by atoms with Crippen LogP contribution < -0.4 is 5.32 Å². The highest BCUT2D eigenvalue weighted by Gasteiger charge is 2.08. The van der Waals surface area contributed by atoms with Crippen molar-refractivity contribution in [2.75, 3.05) is 5.32 Å². The first-order valence-electron chi connectivity index (χ1n) is 5.53. The highest BCUT2D eigenvalue weighted by Crippen LogP contribution is 2.27. The van der Waals surface area contributed by atoms with E-state index in [1.807, 2.05) is 11.4 Å². The van der Waals surface area contributed by atoms with Crippen LogP contribution in [0.4, 0.5) is 11.4 Å². The summed E-state index contributed by atoms with van der Waals surface area (Å²) in [6, 6.07) is 7.92. The van der Waals surface area contributed by atoms with E-state index in [1.54, 1.807) is 12.1 Å². The molecule has 0 amide bonds. The summed E-state index contributed by atoms with van der Waals surface area (Å²) in [4.78, 5) is 22.5. The Kier molecular flexibility index (Phi) is 4.65. The molecule has 1 aromatic carbocycles. The number of nitro groups is 1. The third-order valence-corrected chi connectivity index (χ3v) is 3.94. The van der Waals surface area contributed by atoms with Gasteiger partial charge in [-0.25, -0.2) is 0 Å². The van der Waals surface area contributed by atoms with E-state index in [9.17, 15) is 14.9 Å². The second-order valence-electron chi connectivity index (χ2n) is 3.74. The Labute approximate surface area is 127 Å². The lowest BCUT2D eigenvalue weighted by atomic mass is 10.3. The van der Waals surface area contributed by atoms with Gasteiger partial charge >= 0.3 is 0 Å². The van der Waals surface area contributed by atoms with Gasteiger partial charge < -0.3 is 5.32 Å². The Bertz CT molecular complexity index is 668. The summed E-state index contributed by atoms with van der Waals surface area (Å²) in [5.41, 5.74) is 0.645. The summed E-state index contributed by atoms with van der Waals surface area (Å²) >= 11 is 4.61. The fourth-order valence-corrected chi connectivity index (χ4v) is 2.57. The lowest BCUT2D eigenvalue weighted by Crippen LogP contribution is -1.95. The van der Waals surface area contributed by atoms with Crippen LogP contribution in [0.5, 0.6) is 0 Å². The lowest BCUT2D eigenvalue weighted by molar-refractivity contribution is -0.384. The third-order valence-electron chi connectivity index (χ3n) is 2.40. The molecule has 0 radical (unpaired) electrons. The van der Waals surface area contributed by atoms with Gasteiger partial charge in [-0.3, -0.25) is 14.9 Å². The molecule has 0 unspecified atom stereocenters. The number of ketones is 1. The molecule has 2 aromatic rings. The van der Waals surface area contributed by atoms with Crippen molar-refractivity contribution >= 4 is 44.4 Å². The monoisotopic (exact) mass is 352 g/mol. The summed E-state index contributed by atoms with van der Waals surface area (Å²) < 4.78 is 0.555. The molecular formula is C13H9BrN2O3S. The number of carbonyl (C=O) groups excluding carboxylic acids is 1. The second-order valence-corrected chi connectivity index (χ2v) is 5.54. The van der Waals surface area contributed by atoms with E-state index in [2.05, 4.69) is 21.2 Å². The van der Waals surface area contributed by atoms with Gasteiger partial charge in [-0.15, -0.1) is 11.3 Å². The summed E-state index contributed by atoms with van der Waals surface area (Å²) in [7, 11) is 0. The predicted molar refractivity (Wildman–Crippen MR) is 82.2 cm³/mol. The smallest absolute Gasteiger partial charge is 0.270 e. The Morgan fingerprint density at radius 3 is 2.80 bits per heavy atom. The maximum atomic E-state index is 11.7. The molecule has 7 heteroatoms. The van der Waals surface area contributed by atoms with E-state index in [4.69, 9.17) is 0 Å². The third kappa shape index (κ3) is 3.52. The van der Waals surface area contributed by atoms with Gasteiger partial charge in [0, 0.05) is 28.9 Å². The van der Waals surface area contributed by atoms with Crippen LogP contribution >= 0.6 is 27.3 Å². The van der Waals surface area contributed by atoms with E-state index in [0.29, 0.717) is 15.0 Å². The molecule has 1 N–H and O–H groups in total. The SMILES string of the molecule is O=C(/C=C/Nc1ccc([N+](=O)[O-])cc1Br)c1cccs1. The number of nitrogens with zero attached hydrogens (tertiary/aromatic N) is 1. The molecule has 102 valence electrons. The zero-order valence-electron chi connectivity index (χ0n) is 10.1. The Morgan fingerprint density at radius 1 is 1.40 bits per heavy atom. The largest absolute Gasteiger partial charge is 0.361 e. The maximum Gasteiger partial charge on any atom is 0.270 e. The molecule has 1 heterocycles. The van der Waals surface area contributed by atoms with Crippen molar-refractivity contribution in [3.05, 3.63) is 67.5 Å². The van der Waals surface area contributed by atoms with Crippen LogP contribution in [0.2, 0.25) is 0 Å². The molecule has 2 rings (SSSR count). The number of hydrogen-bond acceptors (Lipinski definition) is 5. The number of hydrogen-bond donors (Lipinski definition) is 1. The molecule has 0 aliphatic rings. The highest BCUT2D eigenvalue weighted by molar-refractivity contribution is 9.10. The molecule has 1 aromatic heterocycles. The minimum atomic E-state index is -0.468. The van der Waals surface area contributed by atoms with Gasteiger partial charge in [-0.1, -0.05) is 6.07 Å². The minimum Gasteiger partial charge on any atom is -0.361 e. The summed E-state index contributed by atoms with van der Waals surface area (Å²) in [5, 5.41) is 15.3. The number of nitro benzene ring substituents is 1. The van der Waals surface area contributed by atoms with Crippen LogP contribution in [0.3, 0.4) is 0 Å². The lowest BCUT2D eigenvalue weighted by Gasteiger charge is -2.03. The Morgan fingerprint density at radius 2 is 2.20 bits per heavy atom. The predicted octanol–water partition coefficient (Wildman–Crippen LogP) is 4.23. The molecule has 0 aliphatic carbocycles. The number of non-ortho nitro benzene ring substituents is 1. The van der Waals surface area contributed by atoms with Crippen molar-refractivity contribution in [3.63, 3.8) is 0 Å². The van der Waals surface area contributed by atoms with E-state index < -0.39 is 4.92 Å². The van der Waals surface area contributed by atoms with E-state index >= 15 is 0 Å². The maximum absolute atomic E-state index is 11.7. The summed E-state index contributed by atoms with van der Waals surface area (Å²) in [5.74, 6) is -0.0921. The molecule has 0 fully saturated rings. The number of benzene rings is 1. The number of anilines is 1. The van der Waals surface area contributed by atoms with Gasteiger partial charge in [-0.05, 0) is 33.4 Å². The first-order valence-corrected chi connectivity index (χ1v) is 7.20. The van der Waals surface area contributed by atoms with Crippen LogP contribution in [0, 0.1) is 10.1 Å². The van der Waals surface area contributed by atoms with E-state index in [1.165, 1.54) is 35.7 Å². The van der Waals surface area contributed by atoms with Crippen molar-refractivity contribution in [2.45, 2.75) is 0 Å². The summed E-state index contributed by atoms with van der Waals surface area (Å²) in [6.07, 6.45) is 2.92. The average Bonchev–Trinajstić information content (AvgIpc) is 2.94. The first kappa shape index (κ1) is 14.4. The Balaban J connectivity index is 2.04. The molecule has 20 heavy (non-hydrogen) atoms. The molecule has 0 saturated heterocycles. The molecule has 0 saturated carbocycles. The minimum absolute atomic E-state index is 0.000988. The number of carbonyl (C=O) groups is 1. The quantitative estimate of drug-likeness (QED) is 0.378. The van der Waals surface area contributed by atoms with Crippen molar-refractivity contribution in [3.8, 4) is 0 Å². The van der Waals surface area contributed by atoms with Crippen LogP contribution in [-0.2, 0) is 0 Å². The molecule has 0 spiro atoms. The standard InChI is InChI=1S/C13H9BrN2O3S/c14-10-8-9(16(18)19)3-4-11(10)15-6-5-12(17)13-2-1-7-20-13/h1-8,15H/b6-5+. The highest BCUT2D eigenvalue weighted by atomic mass is 79.9. The van der Waals surface area contributed by atoms with Crippen molar-refractivity contribution in [1.29, 1.82) is 0 Å². The Hall–Kier alpha value is -1.99. The van der Waals surface area contributed by atoms with Gasteiger partial charge in [0.2, 0.25) is 0 Å². The normalized spacial score (nSPS) is 10.7. The van der Waals surface area contributed by atoms with Crippen LogP contribution in [0.1, 0.15) is 9.67 Å². The first-order chi connectivity index (χ1) is 9.58. The topological polar surface area (TPSA) is 72.2 Å². The number of thiophene rings is 1. The van der Waals surface area contributed by atoms with Crippen molar-refractivity contribution in [2.24, 2.45) is 0 Å². The molecule has 0 aliphatic heterocycles. The van der Waals surface area contributed by atoms with Crippen LogP contribution in [0.25, 0.3) is 0 Å². The van der Waals surface area contributed by atoms with Crippen molar-refractivity contribution < 1.29 is 9.72 Å². The molecule has 0 bridgehead atoms. The average molecular weight is 353 g/mol. The molecule has 0 atom stereocenters. The number of nitrogens with one attached hydrogen (secondary N) is 1. The number of allylic oxidation sites excluding steroid dienone is 1. The van der Waals surface area contributed by atoms with Crippen LogP contribution in [-0.4, -0.2) is 10.7 Å². The fraction of sp³-hybridized carbons (Fsp3) is 0. The van der Waals surface area contributed by atoms with Gasteiger partial charge in [-0.2, -0.15) is 0 Å². The van der Waals surface area contributed by atoms with Gasteiger partial charge in [0.25, 0.3) is 5.69 Å². The van der Waals surface area contributed by atoms with E-state index in [-0.39, 0.29) is 11.5 Å². The van der Waals surface area contributed by atoms with Gasteiger partial charge in [0.1, 0.15) is 0 Å². The van der Waals surface area contributed by atoms with Gasteiger partial charge in [0.05, 0.1) is 15.5 Å². The molecular weight excluding hydrogens is 344 g/mol. The van der Waals surface area contributed by atoms with E-state index in [0.717, 1.165) is 0 Å². The zero-order chi connectivity index (χ0) is 14.5. The van der Waals surface area contributed by atoms with Gasteiger partial charge in [0.15, 0.2) is 5.78 Å². The zero-order valence-corrected chi connectivity index (χ0v) is 12.5.